The van der Waals surface area contributed by atoms with Gasteiger partial charge in [-0.25, -0.2) is 0 Å². The van der Waals surface area contributed by atoms with Gasteiger partial charge in [0.25, 0.3) is 0 Å². The van der Waals surface area contributed by atoms with E-state index in [-0.39, 0.29) is 0 Å². The first-order valence-corrected chi connectivity index (χ1v) is 6.71. The van der Waals surface area contributed by atoms with E-state index in [1.54, 1.807) is 0 Å². The standard InChI is InChI=1S/C17H21NO/c1-12(2)15-8-7-14(4)17(10-15)19-11-16-13(3)6-5-9-18-16/h5-10,12H,11H2,1-4H3. The van der Waals surface area contributed by atoms with Gasteiger partial charge < -0.3 is 4.74 Å². The lowest BCUT2D eigenvalue weighted by molar-refractivity contribution is 0.298. The van der Waals surface area contributed by atoms with Gasteiger partial charge in [0.2, 0.25) is 0 Å². The SMILES string of the molecule is Cc1ccc(C(C)C)cc1OCc1ncccc1C. The Balaban J connectivity index is 2.15. The highest BCUT2D eigenvalue weighted by molar-refractivity contribution is 5.38. The fraction of sp³-hybridized carbons (Fsp3) is 0.353. The molecule has 2 aromatic rings. The minimum absolute atomic E-state index is 0.513. The Morgan fingerprint density at radius 1 is 1.11 bits per heavy atom. The van der Waals surface area contributed by atoms with E-state index in [1.165, 1.54) is 11.1 Å². The van der Waals surface area contributed by atoms with Crippen molar-refractivity contribution in [1.82, 2.24) is 4.98 Å². The summed E-state index contributed by atoms with van der Waals surface area (Å²) >= 11 is 0. The number of rotatable bonds is 4. The summed E-state index contributed by atoms with van der Waals surface area (Å²) in [6.07, 6.45) is 1.81. The van der Waals surface area contributed by atoms with Crippen molar-refractivity contribution in [2.24, 2.45) is 0 Å². The van der Waals surface area contributed by atoms with Crippen LogP contribution in [0.15, 0.2) is 36.5 Å². The van der Waals surface area contributed by atoms with Crippen LogP contribution < -0.4 is 4.74 Å². The lowest BCUT2D eigenvalue weighted by Crippen LogP contribution is -2.02. The molecule has 100 valence electrons. The molecule has 0 N–H and O–H groups in total. The number of hydrogen-bond acceptors (Lipinski definition) is 2. The van der Waals surface area contributed by atoms with E-state index >= 15 is 0 Å². The highest BCUT2D eigenvalue weighted by Crippen LogP contribution is 2.25. The van der Waals surface area contributed by atoms with Gasteiger partial charge >= 0.3 is 0 Å². The van der Waals surface area contributed by atoms with Gasteiger partial charge in [-0.1, -0.05) is 32.0 Å². The van der Waals surface area contributed by atoms with Crippen LogP contribution >= 0.6 is 0 Å². The van der Waals surface area contributed by atoms with Crippen molar-refractivity contribution in [1.29, 1.82) is 0 Å². The topological polar surface area (TPSA) is 22.1 Å². The summed E-state index contributed by atoms with van der Waals surface area (Å²) in [4.78, 5) is 4.36. The molecule has 0 bridgehead atoms. The van der Waals surface area contributed by atoms with Crippen LogP contribution in [0.2, 0.25) is 0 Å². The van der Waals surface area contributed by atoms with Gasteiger partial charge in [0.15, 0.2) is 0 Å². The molecule has 2 rings (SSSR count). The van der Waals surface area contributed by atoms with Crippen molar-refractivity contribution in [2.45, 2.75) is 40.2 Å². The smallest absolute Gasteiger partial charge is 0.130 e. The van der Waals surface area contributed by atoms with Gasteiger partial charge in [-0.15, -0.1) is 0 Å². The van der Waals surface area contributed by atoms with Crippen molar-refractivity contribution in [3.63, 3.8) is 0 Å². The zero-order valence-corrected chi connectivity index (χ0v) is 12.1. The van der Waals surface area contributed by atoms with Crippen LogP contribution in [0.25, 0.3) is 0 Å². The van der Waals surface area contributed by atoms with E-state index in [9.17, 15) is 0 Å². The fourth-order valence-electron chi connectivity index (χ4n) is 1.95. The second kappa shape index (κ2) is 5.87. The molecule has 0 unspecified atom stereocenters. The van der Waals surface area contributed by atoms with Gasteiger partial charge in [0.1, 0.15) is 12.4 Å². The maximum atomic E-state index is 5.93. The minimum atomic E-state index is 0.513. The maximum Gasteiger partial charge on any atom is 0.130 e. The number of pyridine rings is 1. The minimum Gasteiger partial charge on any atom is -0.487 e. The third-order valence-corrected chi connectivity index (χ3v) is 3.36. The second-order valence-corrected chi connectivity index (χ2v) is 5.24. The fourth-order valence-corrected chi connectivity index (χ4v) is 1.95. The molecule has 0 saturated heterocycles. The number of ether oxygens (including phenoxy) is 1. The maximum absolute atomic E-state index is 5.93. The van der Waals surface area contributed by atoms with E-state index < -0.39 is 0 Å². The summed E-state index contributed by atoms with van der Waals surface area (Å²) in [5, 5.41) is 0. The zero-order valence-electron chi connectivity index (χ0n) is 12.1. The Hall–Kier alpha value is -1.83. The first kappa shape index (κ1) is 13.6. The predicted molar refractivity (Wildman–Crippen MR) is 78.6 cm³/mol. The molecule has 1 heterocycles. The Bertz CT molecular complexity index is 561. The number of aromatic nitrogens is 1. The largest absolute Gasteiger partial charge is 0.487 e. The van der Waals surface area contributed by atoms with Crippen LogP contribution in [0.1, 0.15) is 42.1 Å². The molecule has 0 spiro atoms. The number of benzene rings is 1. The third-order valence-electron chi connectivity index (χ3n) is 3.36. The molecule has 0 aliphatic rings. The molecule has 0 aliphatic heterocycles. The van der Waals surface area contributed by atoms with E-state index in [2.05, 4.69) is 56.9 Å². The van der Waals surface area contributed by atoms with Crippen molar-refractivity contribution in [3.05, 3.63) is 58.9 Å². The summed E-state index contributed by atoms with van der Waals surface area (Å²) in [6.45, 7) is 9.04. The zero-order chi connectivity index (χ0) is 13.8. The molecule has 0 aliphatic carbocycles. The lowest BCUT2D eigenvalue weighted by Gasteiger charge is -2.13. The van der Waals surface area contributed by atoms with E-state index in [0.29, 0.717) is 12.5 Å². The molecule has 19 heavy (non-hydrogen) atoms. The van der Waals surface area contributed by atoms with Crippen LogP contribution in [0.5, 0.6) is 5.75 Å². The van der Waals surface area contributed by atoms with Crippen molar-refractivity contribution in [3.8, 4) is 5.75 Å². The Kier molecular flexibility index (Phi) is 4.20. The quantitative estimate of drug-likeness (QED) is 0.807. The summed E-state index contributed by atoms with van der Waals surface area (Å²) in [6, 6.07) is 10.4. The first-order chi connectivity index (χ1) is 9.08. The average molecular weight is 255 g/mol. The van der Waals surface area contributed by atoms with Gasteiger partial charge in [0.05, 0.1) is 5.69 Å². The Labute approximate surface area is 115 Å². The molecule has 0 radical (unpaired) electrons. The average Bonchev–Trinajstić information content (AvgIpc) is 2.39. The molecule has 0 atom stereocenters. The van der Waals surface area contributed by atoms with Gasteiger partial charge in [0, 0.05) is 6.20 Å². The van der Waals surface area contributed by atoms with Crippen LogP contribution in [0, 0.1) is 13.8 Å². The number of hydrogen-bond donors (Lipinski definition) is 0. The van der Waals surface area contributed by atoms with Gasteiger partial charge in [-0.3, -0.25) is 4.98 Å². The second-order valence-electron chi connectivity index (χ2n) is 5.24. The van der Waals surface area contributed by atoms with E-state index in [0.717, 1.165) is 17.0 Å². The molecule has 1 aromatic heterocycles. The van der Waals surface area contributed by atoms with Crippen molar-refractivity contribution in [2.75, 3.05) is 0 Å². The summed E-state index contributed by atoms with van der Waals surface area (Å²) < 4.78 is 5.93. The van der Waals surface area contributed by atoms with Crippen molar-refractivity contribution < 1.29 is 4.74 Å². The van der Waals surface area contributed by atoms with Crippen LogP contribution in [-0.2, 0) is 6.61 Å². The molecule has 2 nitrogen and oxygen atoms in total. The predicted octanol–water partition coefficient (Wildman–Crippen LogP) is 4.40. The van der Waals surface area contributed by atoms with Crippen LogP contribution in [0.4, 0.5) is 0 Å². The highest BCUT2D eigenvalue weighted by Gasteiger charge is 2.06. The lowest BCUT2D eigenvalue weighted by atomic mass is 10.0. The molecule has 0 saturated carbocycles. The van der Waals surface area contributed by atoms with Gasteiger partial charge in [-0.2, -0.15) is 0 Å². The summed E-state index contributed by atoms with van der Waals surface area (Å²) in [5.74, 6) is 1.47. The van der Waals surface area contributed by atoms with E-state index in [4.69, 9.17) is 4.74 Å². The molecule has 1 aromatic carbocycles. The first-order valence-electron chi connectivity index (χ1n) is 6.71. The monoisotopic (exact) mass is 255 g/mol. The molecular formula is C17H21NO. The summed E-state index contributed by atoms with van der Waals surface area (Å²) in [7, 11) is 0. The Morgan fingerprint density at radius 3 is 2.58 bits per heavy atom. The Morgan fingerprint density at radius 2 is 1.89 bits per heavy atom. The normalized spacial score (nSPS) is 10.8. The molecule has 0 fully saturated rings. The number of nitrogens with zero attached hydrogens (tertiary/aromatic N) is 1. The highest BCUT2D eigenvalue weighted by atomic mass is 16.5. The van der Waals surface area contributed by atoms with Crippen LogP contribution in [0.3, 0.4) is 0 Å². The van der Waals surface area contributed by atoms with Gasteiger partial charge in [-0.05, 0) is 48.6 Å². The molecule has 2 heteroatoms. The van der Waals surface area contributed by atoms with E-state index in [1.807, 2.05) is 12.3 Å². The van der Waals surface area contributed by atoms with Crippen molar-refractivity contribution >= 4 is 0 Å². The van der Waals surface area contributed by atoms with Crippen LogP contribution in [-0.4, -0.2) is 4.98 Å². The third kappa shape index (κ3) is 3.34. The number of aryl methyl sites for hydroxylation is 2. The summed E-state index contributed by atoms with van der Waals surface area (Å²) in [5.41, 5.74) is 4.63. The molecular weight excluding hydrogens is 234 g/mol. The molecule has 0 amide bonds.